The van der Waals surface area contributed by atoms with Gasteiger partial charge in [0.1, 0.15) is 11.6 Å². The van der Waals surface area contributed by atoms with Crippen LogP contribution in [-0.4, -0.2) is 10.5 Å². The summed E-state index contributed by atoms with van der Waals surface area (Å²) in [6.45, 7) is 6.04. The van der Waals surface area contributed by atoms with Crippen LogP contribution in [0.5, 0.6) is 0 Å². The molecule has 1 aromatic carbocycles. The Balaban J connectivity index is 1.87. The second-order valence-corrected chi connectivity index (χ2v) is 6.37. The van der Waals surface area contributed by atoms with Crippen molar-refractivity contribution in [3.8, 4) is 6.07 Å². The molecule has 0 atom stereocenters. The van der Waals surface area contributed by atoms with Crippen LogP contribution in [-0.2, 0) is 4.79 Å². The van der Waals surface area contributed by atoms with Gasteiger partial charge in [-0.25, -0.2) is 0 Å². The predicted molar refractivity (Wildman–Crippen MR) is 95.6 cm³/mol. The summed E-state index contributed by atoms with van der Waals surface area (Å²) in [6, 6.07) is 12.2. The van der Waals surface area contributed by atoms with E-state index in [1.165, 1.54) is 18.5 Å². The van der Waals surface area contributed by atoms with Crippen LogP contribution in [0.4, 0.5) is 5.69 Å². The number of aryl methyl sites for hydroxylation is 2. The Kier molecular flexibility index (Phi) is 4.26. The monoisotopic (exact) mass is 319 g/mol. The summed E-state index contributed by atoms with van der Waals surface area (Å²) in [7, 11) is 0. The third-order valence-electron chi connectivity index (χ3n) is 4.49. The minimum Gasteiger partial charge on any atom is -0.346 e. The minimum atomic E-state index is -0.372. The Bertz CT molecular complexity index is 863. The highest BCUT2D eigenvalue weighted by atomic mass is 16.1. The van der Waals surface area contributed by atoms with E-state index >= 15 is 0 Å². The van der Waals surface area contributed by atoms with Gasteiger partial charge in [-0.3, -0.25) is 4.79 Å². The SMILES string of the molecule is Cc1ccccc1NC(=O)C(C#N)=Cc1cc(C)n(C2CC2)c1C. The lowest BCUT2D eigenvalue weighted by Gasteiger charge is -2.08. The van der Waals surface area contributed by atoms with E-state index in [9.17, 15) is 10.1 Å². The molecule has 1 aliphatic rings. The van der Waals surface area contributed by atoms with Crippen LogP contribution < -0.4 is 5.32 Å². The number of aromatic nitrogens is 1. The summed E-state index contributed by atoms with van der Waals surface area (Å²) in [5.41, 5.74) is 5.05. The molecule has 4 heteroatoms. The van der Waals surface area contributed by atoms with Gasteiger partial charge in [-0.05, 0) is 62.9 Å². The number of carbonyl (C=O) groups is 1. The van der Waals surface area contributed by atoms with Gasteiger partial charge in [0.2, 0.25) is 0 Å². The maximum absolute atomic E-state index is 12.4. The molecule has 0 spiro atoms. The number of rotatable bonds is 4. The molecule has 122 valence electrons. The zero-order chi connectivity index (χ0) is 17.3. The molecule has 0 aliphatic heterocycles. The summed E-state index contributed by atoms with van der Waals surface area (Å²) < 4.78 is 2.31. The molecule has 4 nitrogen and oxygen atoms in total. The number of para-hydroxylation sites is 1. The molecule has 1 aliphatic carbocycles. The van der Waals surface area contributed by atoms with Crippen molar-refractivity contribution < 1.29 is 4.79 Å². The van der Waals surface area contributed by atoms with Crippen LogP contribution in [0.3, 0.4) is 0 Å². The predicted octanol–water partition coefficient (Wildman–Crippen LogP) is 4.29. The van der Waals surface area contributed by atoms with Crippen molar-refractivity contribution in [3.05, 3.63) is 58.4 Å². The molecule has 3 rings (SSSR count). The van der Waals surface area contributed by atoms with Gasteiger partial charge in [0.25, 0.3) is 5.91 Å². The zero-order valence-corrected chi connectivity index (χ0v) is 14.3. The summed E-state index contributed by atoms with van der Waals surface area (Å²) in [4.78, 5) is 12.4. The first-order valence-corrected chi connectivity index (χ1v) is 8.18. The average Bonchev–Trinajstić information content (AvgIpc) is 3.34. The van der Waals surface area contributed by atoms with E-state index in [0.29, 0.717) is 6.04 Å². The van der Waals surface area contributed by atoms with Crippen molar-refractivity contribution in [2.45, 2.75) is 39.7 Å². The first-order chi connectivity index (χ1) is 11.5. The normalized spacial score (nSPS) is 14.3. The van der Waals surface area contributed by atoms with Crippen molar-refractivity contribution in [1.82, 2.24) is 4.57 Å². The fraction of sp³-hybridized carbons (Fsp3) is 0.300. The van der Waals surface area contributed by atoms with Gasteiger partial charge in [0.05, 0.1) is 0 Å². The highest BCUT2D eigenvalue weighted by Crippen LogP contribution is 2.38. The van der Waals surface area contributed by atoms with Crippen LogP contribution in [0, 0.1) is 32.1 Å². The van der Waals surface area contributed by atoms with E-state index in [0.717, 1.165) is 22.5 Å². The van der Waals surface area contributed by atoms with Crippen LogP contribution in [0.2, 0.25) is 0 Å². The first-order valence-electron chi connectivity index (χ1n) is 8.18. The molecule has 1 aromatic heterocycles. The molecule has 0 radical (unpaired) electrons. The Morgan fingerprint density at radius 3 is 2.62 bits per heavy atom. The number of benzene rings is 1. The summed E-state index contributed by atoms with van der Waals surface area (Å²) in [5.74, 6) is -0.372. The van der Waals surface area contributed by atoms with Gasteiger partial charge in [0, 0.05) is 23.1 Å². The Morgan fingerprint density at radius 2 is 2.00 bits per heavy atom. The molecule has 1 amide bonds. The van der Waals surface area contributed by atoms with Crippen molar-refractivity contribution in [1.29, 1.82) is 5.26 Å². The van der Waals surface area contributed by atoms with Crippen molar-refractivity contribution in [3.63, 3.8) is 0 Å². The molecular weight excluding hydrogens is 298 g/mol. The molecule has 0 unspecified atom stereocenters. The topological polar surface area (TPSA) is 57.8 Å². The maximum atomic E-state index is 12.4. The smallest absolute Gasteiger partial charge is 0.266 e. The summed E-state index contributed by atoms with van der Waals surface area (Å²) >= 11 is 0. The minimum absolute atomic E-state index is 0.120. The first kappa shape index (κ1) is 16.1. The van der Waals surface area contributed by atoms with E-state index < -0.39 is 0 Å². The third kappa shape index (κ3) is 3.11. The van der Waals surface area contributed by atoms with E-state index in [4.69, 9.17) is 0 Å². The quantitative estimate of drug-likeness (QED) is 0.675. The van der Waals surface area contributed by atoms with Crippen molar-refractivity contribution >= 4 is 17.7 Å². The number of nitriles is 1. The molecule has 24 heavy (non-hydrogen) atoms. The largest absolute Gasteiger partial charge is 0.346 e. The molecule has 1 N–H and O–H groups in total. The average molecular weight is 319 g/mol. The zero-order valence-electron chi connectivity index (χ0n) is 14.3. The van der Waals surface area contributed by atoms with Crippen molar-refractivity contribution in [2.75, 3.05) is 5.32 Å². The molecule has 1 fully saturated rings. The maximum Gasteiger partial charge on any atom is 0.266 e. The van der Waals surface area contributed by atoms with E-state index in [2.05, 4.69) is 16.8 Å². The molecule has 2 aromatic rings. The number of nitrogens with zero attached hydrogens (tertiary/aromatic N) is 2. The van der Waals surface area contributed by atoms with Crippen molar-refractivity contribution in [2.24, 2.45) is 0 Å². The molecule has 1 heterocycles. The van der Waals surface area contributed by atoms with Gasteiger partial charge in [-0.2, -0.15) is 5.26 Å². The fourth-order valence-corrected chi connectivity index (χ4v) is 3.05. The van der Waals surface area contributed by atoms with Crippen LogP contribution in [0.25, 0.3) is 6.08 Å². The van der Waals surface area contributed by atoms with Gasteiger partial charge < -0.3 is 9.88 Å². The lowest BCUT2D eigenvalue weighted by molar-refractivity contribution is -0.112. The summed E-state index contributed by atoms with van der Waals surface area (Å²) in [6.07, 6.45) is 4.10. The number of hydrogen-bond acceptors (Lipinski definition) is 2. The Morgan fingerprint density at radius 1 is 1.29 bits per heavy atom. The number of anilines is 1. The number of nitrogens with one attached hydrogen (secondary N) is 1. The van der Waals surface area contributed by atoms with Crippen LogP contribution in [0.1, 0.15) is 41.4 Å². The Labute approximate surface area is 142 Å². The van der Waals surface area contributed by atoms with Crippen LogP contribution in [0.15, 0.2) is 35.9 Å². The standard InChI is InChI=1S/C20H21N3O/c1-13-6-4-5-7-19(13)22-20(24)17(12-21)11-16-10-14(2)23(15(16)3)18-8-9-18/h4-7,10-11,18H,8-9H2,1-3H3,(H,22,24). The van der Waals surface area contributed by atoms with Gasteiger partial charge in [-0.15, -0.1) is 0 Å². The number of amides is 1. The van der Waals surface area contributed by atoms with E-state index in [-0.39, 0.29) is 11.5 Å². The van der Waals surface area contributed by atoms with Crippen LogP contribution >= 0.6 is 0 Å². The second kappa shape index (κ2) is 6.37. The third-order valence-corrected chi connectivity index (χ3v) is 4.49. The van der Waals surface area contributed by atoms with Gasteiger partial charge in [-0.1, -0.05) is 18.2 Å². The number of carbonyl (C=O) groups excluding carboxylic acids is 1. The highest BCUT2D eigenvalue weighted by molar-refractivity contribution is 6.10. The van der Waals surface area contributed by atoms with Gasteiger partial charge >= 0.3 is 0 Å². The van der Waals surface area contributed by atoms with E-state index in [1.54, 1.807) is 6.08 Å². The summed E-state index contributed by atoms with van der Waals surface area (Å²) in [5, 5.41) is 12.2. The molecular formula is C20H21N3O. The lowest BCUT2D eigenvalue weighted by atomic mass is 10.1. The van der Waals surface area contributed by atoms with Gasteiger partial charge in [0.15, 0.2) is 0 Å². The number of hydrogen-bond donors (Lipinski definition) is 1. The Hall–Kier alpha value is -2.80. The lowest BCUT2D eigenvalue weighted by Crippen LogP contribution is -2.14. The molecule has 1 saturated carbocycles. The molecule has 0 bridgehead atoms. The second-order valence-electron chi connectivity index (χ2n) is 6.37. The highest BCUT2D eigenvalue weighted by Gasteiger charge is 2.26. The fourth-order valence-electron chi connectivity index (χ4n) is 3.05. The van der Waals surface area contributed by atoms with E-state index in [1.807, 2.05) is 50.2 Å². The molecule has 0 saturated heterocycles.